The molecule has 1 unspecified atom stereocenters. The Bertz CT molecular complexity index is 491. The zero-order valence-corrected chi connectivity index (χ0v) is 12.2. The van der Waals surface area contributed by atoms with E-state index in [1.54, 1.807) is 12.1 Å². The number of nitro groups is 1. The molecule has 0 saturated carbocycles. The molecule has 6 heteroatoms. The van der Waals surface area contributed by atoms with Gasteiger partial charge < -0.3 is 5.11 Å². The summed E-state index contributed by atoms with van der Waals surface area (Å²) < 4.78 is 0. The molecule has 0 radical (unpaired) electrons. The standard InChI is InChI=1S/C14H20N2O4/c1-10(15(9-13(17)18)14(2,3)4)11-5-7-12(8-6-11)16(19)20/h5-8,10H,9H2,1-4H3,(H,17,18). The van der Waals surface area contributed by atoms with Crippen LogP contribution in [0.15, 0.2) is 24.3 Å². The highest BCUT2D eigenvalue weighted by molar-refractivity contribution is 5.69. The molecule has 0 fully saturated rings. The lowest BCUT2D eigenvalue weighted by Crippen LogP contribution is -2.45. The highest BCUT2D eigenvalue weighted by atomic mass is 16.6. The van der Waals surface area contributed by atoms with Crippen molar-refractivity contribution in [1.29, 1.82) is 0 Å². The van der Waals surface area contributed by atoms with E-state index in [0.717, 1.165) is 5.56 Å². The highest BCUT2D eigenvalue weighted by Crippen LogP contribution is 2.28. The van der Waals surface area contributed by atoms with Crippen molar-refractivity contribution in [3.8, 4) is 0 Å². The molecule has 0 aromatic heterocycles. The molecule has 0 heterocycles. The number of carboxylic acid groups (broad SMARTS) is 1. The Morgan fingerprint density at radius 3 is 2.20 bits per heavy atom. The molecule has 0 bridgehead atoms. The lowest BCUT2D eigenvalue weighted by atomic mass is 9.98. The van der Waals surface area contributed by atoms with Crippen LogP contribution in [0.2, 0.25) is 0 Å². The van der Waals surface area contributed by atoms with Gasteiger partial charge in [-0.2, -0.15) is 0 Å². The predicted molar refractivity (Wildman–Crippen MR) is 75.6 cm³/mol. The monoisotopic (exact) mass is 280 g/mol. The van der Waals surface area contributed by atoms with E-state index < -0.39 is 10.9 Å². The van der Waals surface area contributed by atoms with E-state index in [0.29, 0.717) is 0 Å². The maximum absolute atomic E-state index is 11.0. The second-order valence-electron chi connectivity index (χ2n) is 5.72. The van der Waals surface area contributed by atoms with Crippen LogP contribution in [0.4, 0.5) is 5.69 Å². The zero-order valence-electron chi connectivity index (χ0n) is 12.2. The number of non-ortho nitro benzene ring substituents is 1. The van der Waals surface area contributed by atoms with Crippen molar-refractivity contribution in [2.45, 2.75) is 39.3 Å². The SMILES string of the molecule is CC(c1ccc([N+](=O)[O-])cc1)N(CC(=O)O)C(C)(C)C. The minimum absolute atomic E-state index is 0.0292. The second kappa shape index (κ2) is 6.00. The molecule has 1 rings (SSSR count). The van der Waals surface area contributed by atoms with E-state index in [2.05, 4.69) is 0 Å². The van der Waals surface area contributed by atoms with Crippen molar-refractivity contribution >= 4 is 11.7 Å². The molecular weight excluding hydrogens is 260 g/mol. The number of benzene rings is 1. The van der Waals surface area contributed by atoms with Gasteiger partial charge in [-0.05, 0) is 33.3 Å². The predicted octanol–water partition coefficient (Wildman–Crippen LogP) is 2.84. The second-order valence-corrected chi connectivity index (χ2v) is 5.72. The highest BCUT2D eigenvalue weighted by Gasteiger charge is 2.29. The van der Waals surface area contributed by atoms with Crippen molar-refractivity contribution in [3.63, 3.8) is 0 Å². The van der Waals surface area contributed by atoms with Crippen LogP contribution in [0.25, 0.3) is 0 Å². The first-order chi connectivity index (χ1) is 9.12. The molecule has 110 valence electrons. The maximum Gasteiger partial charge on any atom is 0.317 e. The summed E-state index contributed by atoms with van der Waals surface area (Å²) in [5.74, 6) is -0.895. The Morgan fingerprint density at radius 1 is 1.35 bits per heavy atom. The summed E-state index contributed by atoms with van der Waals surface area (Å²) in [6, 6.07) is 6.07. The molecule has 1 N–H and O–H groups in total. The van der Waals surface area contributed by atoms with Crippen LogP contribution in [0.1, 0.15) is 39.3 Å². The number of hydrogen-bond donors (Lipinski definition) is 1. The Morgan fingerprint density at radius 2 is 1.85 bits per heavy atom. The minimum atomic E-state index is -0.895. The molecule has 20 heavy (non-hydrogen) atoms. The summed E-state index contributed by atoms with van der Waals surface area (Å²) in [4.78, 5) is 23.0. The zero-order chi connectivity index (χ0) is 15.5. The molecule has 0 aliphatic carbocycles. The number of hydrogen-bond acceptors (Lipinski definition) is 4. The van der Waals surface area contributed by atoms with Crippen molar-refractivity contribution in [3.05, 3.63) is 39.9 Å². The van der Waals surface area contributed by atoms with Crippen LogP contribution >= 0.6 is 0 Å². The first-order valence-corrected chi connectivity index (χ1v) is 6.36. The van der Waals surface area contributed by atoms with Gasteiger partial charge in [0.05, 0.1) is 11.5 Å². The summed E-state index contributed by atoms with van der Waals surface area (Å²) in [6.45, 7) is 7.64. The van der Waals surface area contributed by atoms with Crippen LogP contribution < -0.4 is 0 Å². The third-order valence-corrected chi connectivity index (χ3v) is 3.22. The number of carbonyl (C=O) groups is 1. The quantitative estimate of drug-likeness (QED) is 0.662. The first kappa shape index (κ1) is 16.1. The number of aliphatic carboxylic acids is 1. The van der Waals surface area contributed by atoms with Crippen molar-refractivity contribution in [1.82, 2.24) is 4.90 Å². The topological polar surface area (TPSA) is 83.7 Å². The Balaban J connectivity index is 3.02. The van der Waals surface area contributed by atoms with Gasteiger partial charge in [-0.3, -0.25) is 19.8 Å². The van der Waals surface area contributed by atoms with E-state index >= 15 is 0 Å². The molecule has 0 aliphatic rings. The average molecular weight is 280 g/mol. The summed E-state index contributed by atoms with van der Waals surface area (Å²) in [5.41, 5.74) is 0.563. The third-order valence-electron chi connectivity index (χ3n) is 3.22. The van der Waals surface area contributed by atoms with Crippen LogP contribution in [-0.2, 0) is 4.79 Å². The molecule has 1 aromatic carbocycles. The fourth-order valence-electron chi connectivity index (χ4n) is 2.16. The van der Waals surface area contributed by atoms with Crippen LogP contribution in [0, 0.1) is 10.1 Å². The van der Waals surface area contributed by atoms with Crippen LogP contribution in [-0.4, -0.2) is 33.0 Å². The van der Waals surface area contributed by atoms with Gasteiger partial charge in [0.25, 0.3) is 5.69 Å². The minimum Gasteiger partial charge on any atom is -0.480 e. The molecule has 1 atom stereocenters. The van der Waals surface area contributed by atoms with Gasteiger partial charge in [-0.15, -0.1) is 0 Å². The maximum atomic E-state index is 11.0. The van der Waals surface area contributed by atoms with E-state index in [-0.39, 0.29) is 23.8 Å². The summed E-state index contributed by atoms with van der Waals surface area (Å²) in [7, 11) is 0. The van der Waals surface area contributed by atoms with Gasteiger partial charge in [-0.1, -0.05) is 12.1 Å². The van der Waals surface area contributed by atoms with Crippen molar-refractivity contribution in [2.24, 2.45) is 0 Å². The first-order valence-electron chi connectivity index (χ1n) is 6.36. The molecular formula is C14H20N2O4. The molecule has 0 aliphatic heterocycles. The normalized spacial score (nSPS) is 13.2. The smallest absolute Gasteiger partial charge is 0.317 e. The lowest BCUT2D eigenvalue weighted by Gasteiger charge is -2.39. The third kappa shape index (κ3) is 4.03. The molecule has 0 amide bonds. The van der Waals surface area contributed by atoms with E-state index in [4.69, 9.17) is 5.11 Å². The van der Waals surface area contributed by atoms with Gasteiger partial charge >= 0.3 is 5.97 Å². The Labute approximate surface area is 118 Å². The van der Waals surface area contributed by atoms with Crippen molar-refractivity contribution < 1.29 is 14.8 Å². The number of nitro benzene ring substituents is 1. The number of nitrogens with zero attached hydrogens (tertiary/aromatic N) is 2. The Hall–Kier alpha value is -1.95. The molecule has 0 spiro atoms. The van der Waals surface area contributed by atoms with E-state index in [1.165, 1.54) is 12.1 Å². The summed E-state index contributed by atoms with van der Waals surface area (Å²) in [6.07, 6.45) is 0. The number of rotatable bonds is 5. The average Bonchev–Trinajstić information content (AvgIpc) is 2.33. The van der Waals surface area contributed by atoms with Gasteiger partial charge in [0.1, 0.15) is 0 Å². The van der Waals surface area contributed by atoms with Gasteiger partial charge in [0.2, 0.25) is 0 Å². The molecule has 0 saturated heterocycles. The summed E-state index contributed by atoms with van der Waals surface area (Å²) >= 11 is 0. The fourth-order valence-corrected chi connectivity index (χ4v) is 2.16. The Kier molecular flexibility index (Phi) is 4.83. The lowest BCUT2D eigenvalue weighted by molar-refractivity contribution is -0.384. The van der Waals surface area contributed by atoms with Crippen molar-refractivity contribution in [2.75, 3.05) is 6.54 Å². The van der Waals surface area contributed by atoms with Gasteiger partial charge in [0, 0.05) is 23.7 Å². The van der Waals surface area contributed by atoms with Crippen LogP contribution in [0.3, 0.4) is 0 Å². The summed E-state index contributed by atoms with van der Waals surface area (Å²) in [5, 5.41) is 19.7. The van der Waals surface area contributed by atoms with Gasteiger partial charge in [-0.25, -0.2) is 0 Å². The number of carboxylic acids is 1. The van der Waals surface area contributed by atoms with Gasteiger partial charge in [0.15, 0.2) is 0 Å². The molecule has 1 aromatic rings. The fraction of sp³-hybridized carbons (Fsp3) is 0.500. The molecule has 6 nitrogen and oxygen atoms in total. The van der Waals surface area contributed by atoms with E-state index in [1.807, 2.05) is 32.6 Å². The van der Waals surface area contributed by atoms with Crippen LogP contribution in [0.5, 0.6) is 0 Å². The van der Waals surface area contributed by atoms with E-state index in [9.17, 15) is 14.9 Å². The largest absolute Gasteiger partial charge is 0.480 e.